The Hall–Kier alpha value is -2.18. The third-order valence-corrected chi connectivity index (χ3v) is 4.35. The van der Waals surface area contributed by atoms with Gasteiger partial charge in [-0.25, -0.2) is 4.79 Å². The SMILES string of the molecule is CO[C@@H](C(=O)N[C@@H](Cc1ccccc1Br)C(=O)O)c1ccccc1. The number of rotatable bonds is 7. The third-order valence-electron chi connectivity index (χ3n) is 3.57. The Kier molecular flexibility index (Phi) is 6.52. The minimum Gasteiger partial charge on any atom is -0.480 e. The van der Waals surface area contributed by atoms with Crippen molar-refractivity contribution >= 4 is 27.8 Å². The average molecular weight is 392 g/mol. The van der Waals surface area contributed by atoms with Crippen molar-refractivity contribution in [3.05, 3.63) is 70.2 Å². The van der Waals surface area contributed by atoms with Gasteiger partial charge in [0.1, 0.15) is 6.04 Å². The summed E-state index contributed by atoms with van der Waals surface area (Å²) < 4.78 is 6.04. The van der Waals surface area contributed by atoms with E-state index in [1.807, 2.05) is 30.3 Å². The van der Waals surface area contributed by atoms with Crippen molar-refractivity contribution in [1.82, 2.24) is 5.32 Å². The second-order valence-corrected chi connectivity index (χ2v) is 6.08. The predicted octanol–water partition coefficient (Wildman–Crippen LogP) is 2.95. The number of halogens is 1. The first-order chi connectivity index (χ1) is 11.5. The van der Waals surface area contributed by atoms with E-state index in [1.165, 1.54) is 7.11 Å². The molecule has 6 heteroatoms. The van der Waals surface area contributed by atoms with Crippen LogP contribution in [0, 0.1) is 0 Å². The number of carboxylic acid groups (broad SMARTS) is 1. The number of amides is 1. The third kappa shape index (κ3) is 4.66. The summed E-state index contributed by atoms with van der Waals surface area (Å²) in [6.45, 7) is 0. The van der Waals surface area contributed by atoms with E-state index in [2.05, 4.69) is 21.2 Å². The molecule has 0 unspecified atom stereocenters. The molecule has 2 aromatic carbocycles. The van der Waals surface area contributed by atoms with Gasteiger partial charge in [-0.05, 0) is 17.2 Å². The number of nitrogens with one attached hydrogen (secondary N) is 1. The molecule has 0 aliphatic heterocycles. The zero-order valence-electron chi connectivity index (χ0n) is 13.1. The van der Waals surface area contributed by atoms with Crippen molar-refractivity contribution in [2.75, 3.05) is 7.11 Å². The lowest BCUT2D eigenvalue weighted by Gasteiger charge is -2.20. The Bertz CT molecular complexity index is 705. The molecule has 0 aromatic heterocycles. The van der Waals surface area contributed by atoms with E-state index in [1.54, 1.807) is 24.3 Å². The van der Waals surface area contributed by atoms with Crippen LogP contribution in [0.2, 0.25) is 0 Å². The smallest absolute Gasteiger partial charge is 0.326 e. The second kappa shape index (κ2) is 8.61. The summed E-state index contributed by atoms with van der Waals surface area (Å²) in [7, 11) is 1.42. The summed E-state index contributed by atoms with van der Waals surface area (Å²) in [5.74, 6) is -1.58. The number of hydrogen-bond acceptors (Lipinski definition) is 3. The van der Waals surface area contributed by atoms with Crippen LogP contribution in [0.15, 0.2) is 59.1 Å². The van der Waals surface area contributed by atoms with Gasteiger partial charge < -0.3 is 15.2 Å². The van der Waals surface area contributed by atoms with E-state index < -0.39 is 24.0 Å². The summed E-state index contributed by atoms with van der Waals surface area (Å²) in [4.78, 5) is 24.0. The van der Waals surface area contributed by atoms with Crippen LogP contribution in [0.3, 0.4) is 0 Å². The van der Waals surface area contributed by atoms with E-state index in [9.17, 15) is 14.7 Å². The summed E-state index contributed by atoms with van der Waals surface area (Å²) in [6.07, 6.45) is -0.680. The van der Waals surface area contributed by atoms with E-state index in [0.29, 0.717) is 5.56 Å². The van der Waals surface area contributed by atoms with Crippen LogP contribution in [-0.4, -0.2) is 30.1 Å². The van der Waals surface area contributed by atoms with Gasteiger partial charge in [-0.15, -0.1) is 0 Å². The molecule has 2 N–H and O–H groups in total. The summed E-state index contributed by atoms with van der Waals surface area (Å²) in [5.41, 5.74) is 1.47. The molecule has 0 aliphatic carbocycles. The molecule has 0 radical (unpaired) electrons. The summed E-state index contributed by atoms with van der Waals surface area (Å²) >= 11 is 3.39. The van der Waals surface area contributed by atoms with Crippen LogP contribution >= 0.6 is 15.9 Å². The zero-order chi connectivity index (χ0) is 17.5. The van der Waals surface area contributed by atoms with Gasteiger partial charge in [0.2, 0.25) is 0 Å². The molecule has 0 heterocycles. The van der Waals surface area contributed by atoms with Gasteiger partial charge in [0.05, 0.1) is 0 Å². The average Bonchev–Trinajstić information content (AvgIpc) is 2.57. The van der Waals surface area contributed by atoms with Crippen molar-refractivity contribution < 1.29 is 19.4 Å². The molecule has 0 aliphatic rings. The lowest BCUT2D eigenvalue weighted by atomic mass is 10.0. The van der Waals surface area contributed by atoms with Crippen molar-refractivity contribution in [2.24, 2.45) is 0 Å². The first-order valence-corrected chi connectivity index (χ1v) is 8.16. The molecule has 0 bridgehead atoms. The van der Waals surface area contributed by atoms with Gasteiger partial charge in [-0.3, -0.25) is 4.79 Å². The van der Waals surface area contributed by atoms with Crippen LogP contribution in [0.25, 0.3) is 0 Å². The molecule has 0 fully saturated rings. The van der Waals surface area contributed by atoms with Gasteiger partial charge in [-0.2, -0.15) is 0 Å². The number of carbonyl (C=O) groups excluding carboxylic acids is 1. The molecule has 2 rings (SSSR count). The van der Waals surface area contributed by atoms with Gasteiger partial charge in [-0.1, -0.05) is 64.5 Å². The minimum absolute atomic E-state index is 0.174. The maximum absolute atomic E-state index is 12.5. The normalized spacial score (nSPS) is 13.1. The van der Waals surface area contributed by atoms with Crippen LogP contribution in [-0.2, 0) is 20.7 Å². The predicted molar refractivity (Wildman–Crippen MR) is 93.6 cm³/mol. The molecule has 2 atom stereocenters. The molecular weight excluding hydrogens is 374 g/mol. The largest absolute Gasteiger partial charge is 0.480 e. The number of carbonyl (C=O) groups is 2. The van der Waals surface area contributed by atoms with E-state index in [4.69, 9.17) is 4.74 Å². The van der Waals surface area contributed by atoms with E-state index in [0.717, 1.165) is 10.0 Å². The standard InChI is InChI=1S/C18H18BrNO4/c1-24-16(12-7-3-2-4-8-12)17(21)20-15(18(22)23)11-13-9-5-6-10-14(13)19/h2-10,15-16H,11H2,1H3,(H,20,21)(H,22,23)/t15-,16+/m0/s1. The van der Waals surface area contributed by atoms with Crippen molar-refractivity contribution in [3.63, 3.8) is 0 Å². The first kappa shape index (κ1) is 18.2. The highest BCUT2D eigenvalue weighted by atomic mass is 79.9. The quantitative estimate of drug-likeness (QED) is 0.760. The highest BCUT2D eigenvalue weighted by Gasteiger charge is 2.26. The second-order valence-electron chi connectivity index (χ2n) is 5.22. The monoisotopic (exact) mass is 391 g/mol. The topological polar surface area (TPSA) is 75.6 Å². The maximum Gasteiger partial charge on any atom is 0.326 e. The van der Waals surface area contributed by atoms with Crippen LogP contribution < -0.4 is 5.32 Å². The lowest BCUT2D eigenvalue weighted by Crippen LogP contribution is -2.44. The molecule has 24 heavy (non-hydrogen) atoms. The lowest BCUT2D eigenvalue weighted by molar-refractivity contribution is -0.144. The van der Waals surface area contributed by atoms with E-state index >= 15 is 0 Å². The zero-order valence-corrected chi connectivity index (χ0v) is 14.7. The fourth-order valence-corrected chi connectivity index (χ4v) is 2.80. The van der Waals surface area contributed by atoms with Gasteiger partial charge >= 0.3 is 5.97 Å². The van der Waals surface area contributed by atoms with Gasteiger partial charge in [0, 0.05) is 18.0 Å². The first-order valence-electron chi connectivity index (χ1n) is 7.37. The van der Waals surface area contributed by atoms with Crippen molar-refractivity contribution in [2.45, 2.75) is 18.6 Å². The fourth-order valence-electron chi connectivity index (χ4n) is 2.35. The van der Waals surface area contributed by atoms with Crippen molar-refractivity contribution in [3.8, 4) is 0 Å². The molecule has 0 saturated carbocycles. The van der Waals surface area contributed by atoms with Crippen LogP contribution in [0.4, 0.5) is 0 Å². The Balaban J connectivity index is 2.13. The molecular formula is C18H18BrNO4. The maximum atomic E-state index is 12.5. The minimum atomic E-state index is -1.10. The number of carboxylic acids is 1. The Labute approximate surface area is 148 Å². The molecule has 5 nitrogen and oxygen atoms in total. The van der Waals surface area contributed by atoms with Crippen molar-refractivity contribution in [1.29, 1.82) is 0 Å². The summed E-state index contributed by atoms with van der Waals surface area (Å²) in [5, 5.41) is 12.0. The Morgan fingerprint density at radius 3 is 2.33 bits per heavy atom. The summed E-state index contributed by atoms with van der Waals surface area (Å²) in [6, 6.07) is 15.2. The number of ether oxygens (including phenoxy) is 1. The number of methoxy groups -OCH3 is 1. The molecule has 126 valence electrons. The molecule has 2 aromatic rings. The number of benzene rings is 2. The Morgan fingerprint density at radius 2 is 1.75 bits per heavy atom. The van der Waals surface area contributed by atoms with Crippen LogP contribution in [0.1, 0.15) is 17.2 Å². The highest BCUT2D eigenvalue weighted by Crippen LogP contribution is 2.19. The molecule has 0 spiro atoms. The van der Waals surface area contributed by atoms with Gasteiger partial charge in [0.15, 0.2) is 6.10 Å². The number of aliphatic carboxylic acids is 1. The number of hydrogen-bond donors (Lipinski definition) is 2. The fraction of sp³-hybridized carbons (Fsp3) is 0.222. The molecule has 0 saturated heterocycles. The highest BCUT2D eigenvalue weighted by molar-refractivity contribution is 9.10. The van der Waals surface area contributed by atoms with E-state index in [-0.39, 0.29) is 6.42 Å². The van der Waals surface area contributed by atoms with Gasteiger partial charge in [0.25, 0.3) is 5.91 Å². The Morgan fingerprint density at radius 1 is 1.12 bits per heavy atom. The van der Waals surface area contributed by atoms with Crippen LogP contribution in [0.5, 0.6) is 0 Å². The molecule has 1 amide bonds.